The fraction of sp³-hybridized carbons (Fsp3) is 0.100. The van der Waals surface area contributed by atoms with Crippen LogP contribution in [0.4, 0.5) is 5.69 Å². The fourth-order valence-corrected chi connectivity index (χ4v) is 6.61. The molecule has 2 heterocycles. The van der Waals surface area contributed by atoms with E-state index in [1.54, 1.807) is 0 Å². The molecule has 0 aliphatic carbocycles. The van der Waals surface area contributed by atoms with Gasteiger partial charge in [0.15, 0.2) is 0 Å². The second-order valence-electron chi connectivity index (χ2n) is 12.1. The van der Waals surface area contributed by atoms with Gasteiger partial charge in [-0.2, -0.15) is 0 Å². The van der Waals surface area contributed by atoms with E-state index in [4.69, 9.17) is 21.6 Å². The largest absolute Gasteiger partial charge is 0.377 e. The fourth-order valence-electron chi connectivity index (χ4n) is 6.45. The summed E-state index contributed by atoms with van der Waals surface area (Å²) < 4.78 is 4.58. The first-order valence-corrected chi connectivity index (χ1v) is 15.8. The highest BCUT2D eigenvalue weighted by molar-refractivity contribution is 6.32. The van der Waals surface area contributed by atoms with Crippen molar-refractivity contribution in [3.8, 4) is 22.5 Å². The van der Waals surface area contributed by atoms with Crippen molar-refractivity contribution in [2.24, 2.45) is 0 Å². The van der Waals surface area contributed by atoms with E-state index in [1.165, 1.54) is 0 Å². The van der Waals surface area contributed by atoms with E-state index < -0.39 is 0 Å². The Morgan fingerprint density at radius 2 is 1.09 bits per heavy atom. The standard InChI is InChI=1S/C40H32ClN5/c1-25-19-34-39(46(29-13-9-6-10-14-29)38-22-30(44(3)4)16-17-33(38)42-34)23-31(25)27-15-18-37-36(21-27)43-35-20-26(2)32(41)24-40(35)45(37)28-11-7-5-8-12-28/h5-24H,1-4H3/q+2. The normalized spacial score (nSPS) is 11.6. The number of para-hydroxylation sites is 2. The lowest BCUT2D eigenvalue weighted by Gasteiger charge is -2.14. The molecular formula is C40H32ClN5+2. The number of hydrogen-bond acceptors (Lipinski definition) is 3. The Morgan fingerprint density at radius 1 is 0.522 bits per heavy atom. The van der Waals surface area contributed by atoms with Gasteiger partial charge in [0.2, 0.25) is 33.4 Å². The molecule has 0 amide bonds. The predicted molar refractivity (Wildman–Crippen MR) is 189 cm³/mol. The van der Waals surface area contributed by atoms with Crippen molar-refractivity contribution in [3.63, 3.8) is 0 Å². The molecule has 0 aliphatic heterocycles. The lowest BCUT2D eigenvalue weighted by atomic mass is 9.98. The molecule has 0 bridgehead atoms. The van der Waals surface area contributed by atoms with Gasteiger partial charge in [-0.05, 0) is 72.5 Å². The van der Waals surface area contributed by atoms with E-state index in [1.807, 2.05) is 19.1 Å². The maximum atomic E-state index is 6.64. The van der Waals surface area contributed by atoms with Gasteiger partial charge < -0.3 is 4.90 Å². The number of rotatable bonds is 4. The molecule has 5 nitrogen and oxygen atoms in total. The summed E-state index contributed by atoms with van der Waals surface area (Å²) in [7, 11) is 4.14. The minimum atomic E-state index is 0.729. The molecule has 0 aliphatic rings. The van der Waals surface area contributed by atoms with Crippen molar-refractivity contribution in [1.82, 2.24) is 9.97 Å². The highest BCUT2D eigenvalue weighted by Crippen LogP contribution is 2.32. The summed E-state index contributed by atoms with van der Waals surface area (Å²) in [6.07, 6.45) is 0. The second kappa shape index (κ2) is 10.9. The SMILES string of the molecule is Cc1cc2nc3cc(-c4cc5c(cc4C)nc4ccc(N(C)C)cc4[n+]5-c4ccccc4)ccc3[n+](-c3ccccc3)c2cc1Cl. The van der Waals surface area contributed by atoms with Crippen LogP contribution in [0, 0.1) is 13.8 Å². The maximum absolute atomic E-state index is 6.64. The number of aryl methyl sites for hydroxylation is 2. The molecule has 0 spiro atoms. The minimum absolute atomic E-state index is 0.729. The molecule has 0 saturated carbocycles. The van der Waals surface area contributed by atoms with Crippen molar-refractivity contribution in [2.75, 3.05) is 19.0 Å². The van der Waals surface area contributed by atoms with Crippen molar-refractivity contribution in [3.05, 3.63) is 137 Å². The summed E-state index contributed by atoms with van der Waals surface area (Å²) in [6, 6.07) is 42.6. The molecule has 8 aromatic rings. The van der Waals surface area contributed by atoms with Crippen molar-refractivity contribution in [2.45, 2.75) is 13.8 Å². The first-order valence-electron chi connectivity index (χ1n) is 15.4. The third-order valence-corrected chi connectivity index (χ3v) is 9.22. The lowest BCUT2D eigenvalue weighted by molar-refractivity contribution is -0.538. The molecule has 0 radical (unpaired) electrons. The Balaban J connectivity index is 1.41. The predicted octanol–water partition coefficient (Wildman–Crippen LogP) is 8.65. The summed E-state index contributed by atoms with van der Waals surface area (Å²) in [5.41, 5.74) is 15.5. The molecule has 0 fully saturated rings. The molecule has 0 atom stereocenters. The molecule has 0 saturated heterocycles. The molecule has 8 rings (SSSR count). The number of aromatic nitrogens is 4. The Morgan fingerprint density at radius 3 is 1.76 bits per heavy atom. The zero-order chi connectivity index (χ0) is 31.5. The minimum Gasteiger partial charge on any atom is -0.377 e. The topological polar surface area (TPSA) is 36.8 Å². The van der Waals surface area contributed by atoms with E-state index in [2.05, 4.69) is 144 Å². The van der Waals surface area contributed by atoms with E-state index in [-0.39, 0.29) is 0 Å². The van der Waals surface area contributed by atoms with Gasteiger partial charge in [0.1, 0.15) is 22.1 Å². The van der Waals surface area contributed by atoms with E-state index in [9.17, 15) is 0 Å². The number of nitrogens with zero attached hydrogens (tertiary/aromatic N) is 5. The molecule has 2 aromatic heterocycles. The van der Waals surface area contributed by atoms with Crippen molar-refractivity contribution in [1.29, 1.82) is 0 Å². The summed E-state index contributed by atoms with van der Waals surface area (Å²) in [4.78, 5) is 12.4. The van der Waals surface area contributed by atoms with Gasteiger partial charge in [0.05, 0.1) is 5.02 Å². The van der Waals surface area contributed by atoms with Crippen LogP contribution in [0.1, 0.15) is 11.1 Å². The van der Waals surface area contributed by atoms with Crippen LogP contribution in [0.2, 0.25) is 5.02 Å². The third kappa shape index (κ3) is 4.63. The molecule has 0 N–H and O–H groups in total. The molecule has 222 valence electrons. The van der Waals surface area contributed by atoms with Crippen molar-refractivity contribution >= 4 is 61.4 Å². The van der Waals surface area contributed by atoms with Crippen LogP contribution >= 0.6 is 11.6 Å². The average molecular weight is 618 g/mol. The Kier molecular flexibility index (Phi) is 6.66. The average Bonchev–Trinajstić information content (AvgIpc) is 3.07. The maximum Gasteiger partial charge on any atom is 0.239 e. The van der Waals surface area contributed by atoms with Gasteiger partial charge in [-0.15, -0.1) is 9.13 Å². The van der Waals surface area contributed by atoms with E-state index >= 15 is 0 Å². The van der Waals surface area contributed by atoms with Crippen LogP contribution in [0.15, 0.2) is 121 Å². The number of hydrogen-bond donors (Lipinski definition) is 0. The third-order valence-electron chi connectivity index (χ3n) is 8.81. The van der Waals surface area contributed by atoms with Crippen molar-refractivity contribution < 1.29 is 9.13 Å². The highest BCUT2D eigenvalue weighted by Gasteiger charge is 2.24. The highest BCUT2D eigenvalue weighted by atomic mass is 35.5. The van der Waals surface area contributed by atoms with Crippen LogP contribution < -0.4 is 14.0 Å². The summed E-state index contributed by atoms with van der Waals surface area (Å²) in [5.74, 6) is 0. The van der Waals surface area contributed by atoms with Gasteiger partial charge in [-0.3, -0.25) is 0 Å². The Hall–Kier alpha value is -5.39. The first kappa shape index (κ1) is 28.1. The number of benzene rings is 6. The molecule has 6 heteroatoms. The zero-order valence-corrected chi connectivity index (χ0v) is 26.9. The van der Waals surface area contributed by atoms with Crippen LogP contribution in [0.25, 0.3) is 66.6 Å². The van der Waals surface area contributed by atoms with Crippen LogP contribution in [0.3, 0.4) is 0 Å². The van der Waals surface area contributed by atoms with Crippen LogP contribution in [-0.2, 0) is 0 Å². The van der Waals surface area contributed by atoms with Gasteiger partial charge in [0.25, 0.3) is 0 Å². The summed E-state index contributed by atoms with van der Waals surface area (Å²) in [6.45, 7) is 4.19. The molecular weight excluding hydrogens is 586 g/mol. The lowest BCUT2D eigenvalue weighted by Crippen LogP contribution is -2.33. The number of fused-ring (bicyclic) bond motifs is 4. The summed E-state index contributed by atoms with van der Waals surface area (Å²) >= 11 is 6.64. The van der Waals surface area contributed by atoms with Gasteiger partial charge in [-0.25, -0.2) is 9.97 Å². The zero-order valence-electron chi connectivity index (χ0n) is 26.2. The smallest absolute Gasteiger partial charge is 0.239 e. The van der Waals surface area contributed by atoms with E-state index in [0.717, 1.165) is 88.5 Å². The van der Waals surface area contributed by atoms with Gasteiger partial charge in [0, 0.05) is 68.3 Å². The number of halogens is 1. The Bertz CT molecular complexity index is 2470. The van der Waals surface area contributed by atoms with E-state index in [0.29, 0.717) is 0 Å². The molecule has 6 aromatic carbocycles. The number of anilines is 1. The summed E-state index contributed by atoms with van der Waals surface area (Å²) in [5, 5.41) is 0.729. The van der Waals surface area contributed by atoms with Crippen LogP contribution in [-0.4, -0.2) is 24.1 Å². The van der Waals surface area contributed by atoms with Gasteiger partial charge >= 0.3 is 0 Å². The van der Waals surface area contributed by atoms with Gasteiger partial charge in [-0.1, -0.05) is 48.0 Å². The van der Waals surface area contributed by atoms with Crippen LogP contribution in [0.5, 0.6) is 0 Å². The monoisotopic (exact) mass is 617 g/mol. The first-order chi connectivity index (χ1) is 22.4. The second-order valence-corrected chi connectivity index (χ2v) is 12.5. The molecule has 0 unspecified atom stereocenters. The quantitative estimate of drug-likeness (QED) is 0.146. The Labute approximate surface area is 272 Å². The molecule has 46 heavy (non-hydrogen) atoms.